The van der Waals surface area contributed by atoms with Gasteiger partial charge in [-0.25, -0.2) is 8.78 Å². The Morgan fingerprint density at radius 1 is 1.09 bits per heavy atom. The number of aliphatic hydroxyl groups is 1. The highest BCUT2D eigenvalue weighted by Gasteiger charge is 2.38. The molecule has 1 atom stereocenters. The van der Waals surface area contributed by atoms with Gasteiger partial charge < -0.3 is 10.4 Å². The minimum atomic E-state index is -4.99. The fourth-order valence-corrected chi connectivity index (χ4v) is 2.78. The Morgan fingerprint density at radius 3 is 2.25 bits per heavy atom. The van der Waals surface area contributed by atoms with Gasteiger partial charge in [-0.3, -0.25) is 9.59 Å². The number of aliphatic hydroxyl groups excluding tert-OH is 1. The molecule has 2 aromatic carbocycles. The Hall–Kier alpha value is -3.31. The number of amides is 1. The molecule has 0 aliphatic rings. The first-order chi connectivity index (χ1) is 15.0. The van der Waals surface area contributed by atoms with Gasteiger partial charge in [0, 0.05) is 16.7 Å². The maximum absolute atomic E-state index is 13.7. The van der Waals surface area contributed by atoms with Crippen LogP contribution in [0.1, 0.15) is 10.4 Å². The molecule has 0 unspecified atom stereocenters. The lowest BCUT2D eigenvalue weighted by molar-refractivity contribution is -0.201. The highest BCUT2D eigenvalue weighted by Crippen LogP contribution is 2.22. The smallest absolute Gasteiger partial charge is 0.382 e. The van der Waals surface area contributed by atoms with Crippen molar-refractivity contribution in [3.8, 4) is 16.9 Å². The Morgan fingerprint density at radius 2 is 1.69 bits per heavy atom. The molecule has 0 spiro atoms. The summed E-state index contributed by atoms with van der Waals surface area (Å²) in [5.41, 5.74) is -1.82. The highest BCUT2D eigenvalue weighted by atomic mass is 35.5. The van der Waals surface area contributed by atoms with E-state index in [0.717, 1.165) is 18.2 Å². The molecule has 1 aromatic heterocycles. The average Bonchev–Trinajstić information content (AvgIpc) is 2.71. The molecule has 0 bridgehead atoms. The van der Waals surface area contributed by atoms with Crippen LogP contribution in [0, 0.1) is 11.6 Å². The van der Waals surface area contributed by atoms with Crippen LogP contribution in [0.2, 0.25) is 5.02 Å². The molecule has 0 aliphatic heterocycles. The Balaban J connectivity index is 2.11. The van der Waals surface area contributed by atoms with E-state index >= 15 is 0 Å². The molecular formula is C20H13ClF5N3O3. The van der Waals surface area contributed by atoms with Crippen LogP contribution in [-0.2, 0) is 0 Å². The van der Waals surface area contributed by atoms with Gasteiger partial charge in [0.2, 0.25) is 0 Å². The summed E-state index contributed by atoms with van der Waals surface area (Å²) >= 11 is 5.84. The largest absolute Gasteiger partial charge is 0.416 e. The summed E-state index contributed by atoms with van der Waals surface area (Å²) in [6.45, 7) is -1.21. The van der Waals surface area contributed by atoms with E-state index in [-0.39, 0.29) is 11.4 Å². The molecule has 168 valence electrons. The van der Waals surface area contributed by atoms with Crippen LogP contribution >= 0.6 is 11.6 Å². The molecule has 12 heteroatoms. The minimum Gasteiger partial charge on any atom is -0.382 e. The molecule has 32 heavy (non-hydrogen) atoms. The number of hydrogen-bond donors (Lipinski definition) is 2. The van der Waals surface area contributed by atoms with Crippen molar-refractivity contribution in [2.75, 3.05) is 6.54 Å². The topological polar surface area (TPSA) is 84.2 Å². The number of nitrogens with one attached hydrogen (secondary N) is 1. The summed E-state index contributed by atoms with van der Waals surface area (Å²) in [6.07, 6.45) is -7.84. The predicted molar refractivity (Wildman–Crippen MR) is 105 cm³/mol. The summed E-state index contributed by atoms with van der Waals surface area (Å²) in [5, 5.41) is 15.3. The summed E-state index contributed by atoms with van der Waals surface area (Å²) in [7, 11) is 0. The van der Waals surface area contributed by atoms with Crippen molar-refractivity contribution < 1.29 is 31.9 Å². The summed E-state index contributed by atoms with van der Waals surface area (Å²) < 4.78 is 65.4. The quantitative estimate of drug-likeness (QED) is 0.556. The number of carbonyl (C=O) groups is 1. The van der Waals surface area contributed by atoms with Crippen LogP contribution < -0.4 is 10.9 Å². The molecule has 0 saturated heterocycles. The third-order valence-corrected chi connectivity index (χ3v) is 4.47. The summed E-state index contributed by atoms with van der Waals surface area (Å²) in [5.74, 6) is -3.30. The predicted octanol–water partition coefficient (Wildman–Crippen LogP) is 3.48. The summed E-state index contributed by atoms with van der Waals surface area (Å²) in [6, 6.07) is 9.08. The number of aromatic nitrogens is 2. The van der Waals surface area contributed by atoms with Crippen LogP contribution in [0.25, 0.3) is 16.9 Å². The molecule has 1 heterocycles. The van der Waals surface area contributed by atoms with Gasteiger partial charge in [-0.15, -0.1) is 0 Å². The number of halogens is 6. The Kier molecular flexibility index (Phi) is 6.60. The lowest BCUT2D eigenvalue weighted by atomic mass is 10.1. The zero-order valence-electron chi connectivity index (χ0n) is 15.8. The van der Waals surface area contributed by atoms with Crippen molar-refractivity contribution in [3.63, 3.8) is 0 Å². The second-order valence-electron chi connectivity index (χ2n) is 6.56. The minimum absolute atomic E-state index is 0.00699. The molecular weight excluding hydrogens is 461 g/mol. The van der Waals surface area contributed by atoms with E-state index in [2.05, 4.69) is 5.10 Å². The molecule has 3 aromatic rings. The van der Waals surface area contributed by atoms with Gasteiger partial charge in [0.05, 0.1) is 17.9 Å². The number of carbonyl (C=O) groups excluding carboxylic acids is 1. The van der Waals surface area contributed by atoms with Crippen LogP contribution in [0.4, 0.5) is 22.0 Å². The standard InChI is InChI=1S/C20H13ClF5N3O3/c21-11-3-1-10(2-4-11)16-8-15(18(31)27-9-17(30)20(24,25)26)19(32)29(28-16)14-6-12(22)5-13(23)7-14/h1-8,17,30H,9H2,(H,27,31)/t17-/m0/s1. The van der Waals surface area contributed by atoms with Crippen molar-refractivity contribution in [3.05, 3.63) is 81.1 Å². The fraction of sp³-hybridized carbons (Fsp3) is 0.150. The van der Waals surface area contributed by atoms with Crippen LogP contribution in [0.5, 0.6) is 0 Å². The van der Waals surface area contributed by atoms with Gasteiger partial charge in [-0.05, 0) is 30.3 Å². The third-order valence-electron chi connectivity index (χ3n) is 4.22. The van der Waals surface area contributed by atoms with Gasteiger partial charge in [0.1, 0.15) is 17.2 Å². The maximum atomic E-state index is 13.7. The molecule has 1 amide bonds. The van der Waals surface area contributed by atoms with Crippen molar-refractivity contribution in [2.45, 2.75) is 12.3 Å². The number of rotatable bonds is 5. The zero-order valence-corrected chi connectivity index (χ0v) is 16.6. The van der Waals surface area contributed by atoms with Gasteiger partial charge >= 0.3 is 6.18 Å². The van der Waals surface area contributed by atoms with Gasteiger partial charge in [0.25, 0.3) is 11.5 Å². The second-order valence-corrected chi connectivity index (χ2v) is 7.00. The SMILES string of the molecule is O=C(NC[C@H](O)C(F)(F)F)c1cc(-c2ccc(Cl)cc2)nn(-c2cc(F)cc(F)c2)c1=O. The van der Waals surface area contributed by atoms with Crippen molar-refractivity contribution in [1.82, 2.24) is 15.1 Å². The van der Waals surface area contributed by atoms with Gasteiger partial charge in [-0.2, -0.15) is 23.0 Å². The number of nitrogens with zero attached hydrogens (tertiary/aromatic N) is 2. The molecule has 0 fully saturated rings. The maximum Gasteiger partial charge on any atom is 0.416 e. The molecule has 2 N–H and O–H groups in total. The van der Waals surface area contributed by atoms with Crippen LogP contribution in [0.3, 0.4) is 0 Å². The van der Waals surface area contributed by atoms with Crippen molar-refractivity contribution >= 4 is 17.5 Å². The number of alkyl halides is 3. The van der Waals surface area contributed by atoms with E-state index in [9.17, 15) is 31.5 Å². The number of benzene rings is 2. The van der Waals surface area contributed by atoms with Crippen molar-refractivity contribution in [1.29, 1.82) is 0 Å². The van der Waals surface area contributed by atoms with E-state index in [4.69, 9.17) is 16.7 Å². The zero-order chi connectivity index (χ0) is 23.6. The second kappa shape index (κ2) is 9.05. The molecule has 0 saturated carbocycles. The van der Waals surface area contributed by atoms with E-state index in [1.54, 1.807) is 0 Å². The molecule has 6 nitrogen and oxygen atoms in total. The monoisotopic (exact) mass is 473 g/mol. The fourth-order valence-electron chi connectivity index (χ4n) is 2.66. The number of hydrogen-bond acceptors (Lipinski definition) is 4. The van der Waals surface area contributed by atoms with E-state index in [1.807, 2.05) is 5.32 Å². The molecule has 3 rings (SSSR count). The van der Waals surface area contributed by atoms with Gasteiger partial charge in [0.15, 0.2) is 6.10 Å². The lowest BCUT2D eigenvalue weighted by Gasteiger charge is -2.15. The Bertz CT molecular complexity index is 1190. The first-order valence-corrected chi connectivity index (χ1v) is 9.23. The van der Waals surface area contributed by atoms with E-state index in [0.29, 0.717) is 21.3 Å². The molecule has 0 aliphatic carbocycles. The molecule has 0 radical (unpaired) electrons. The van der Waals surface area contributed by atoms with Crippen molar-refractivity contribution in [2.24, 2.45) is 0 Å². The highest BCUT2D eigenvalue weighted by molar-refractivity contribution is 6.30. The van der Waals surface area contributed by atoms with E-state index < -0.39 is 47.5 Å². The van der Waals surface area contributed by atoms with Gasteiger partial charge in [-0.1, -0.05) is 23.7 Å². The summed E-state index contributed by atoms with van der Waals surface area (Å²) in [4.78, 5) is 25.3. The average molecular weight is 474 g/mol. The first-order valence-electron chi connectivity index (χ1n) is 8.85. The van der Waals surface area contributed by atoms with Crippen LogP contribution in [0.15, 0.2) is 53.3 Å². The van der Waals surface area contributed by atoms with E-state index in [1.165, 1.54) is 24.3 Å². The van der Waals surface area contributed by atoms with Crippen LogP contribution in [-0.4, -0.2) is 39.6 Å². The Labute approximate surface area is 181 Å². The first kappa shape index (κ1) is 23.4. The normalized spacial score (nSPS) is 12.5. The third kappa shape index (κ3) is 5.29. The lowest BCUT2D eigenvalue weighted by Crippen LogP contribution is -2.42.